The number of carboxylic acid groups (broad SMARTS) is 1. The van der Waals surface area contributed by atoms with E-state index in [1.54, 1.807) is 0 Å². The molecule has 1 rings (SSSR count). The molecule has 0 amide bonds. The first kappa shape index (κ1) is 10.1. The van der Waals surface area contributed by atoms with E-state index in [1.165, 1.54) is 0 Å². The summed E-state index contributed by atoms with van der Waals surface area (Å²) in [6.45, 7) is 1.71. The Kier molecular flexibility index (Phi) is 2.68. The van der Waals surface area contributed by atoms with Crippen LogP contribution in [-0.2, 0) is 9.59 Å². The minimum absolute atomic E-state index is 0.508. The van der Waals surface area contributed by atoms with E-state index >= 15 is 0 Å². The third kappa shape index (κ3) is 1.87. The molecule has 0 aromatic rings. The number of hydrogen-bond donors (Lipinski definition) is 3. The molecule has 5 nitrogen and oxygen atoms in total. The van der Waals surface area contributed by atoms with Gasteiger partial charge in [0.15, 0.2) is 5.78 Å². The van der Waals surface area contributed by atoms with Gasteiger partial charge in [0, 0.05) is 0 Å². The molecule has 5 heteroatoms. The fourth-order valence-corrected chi connectivity index (χ4v) is 1.35. The summed E-state index contributed by atoms with van der Waals surface area (Å²) >= 11 is 0. The Morgan fingerprint density at radius 1 is 1.54 bits per heavy atom. The molecule has 1 unspecified atom stereocenters. The minimum Gasteiger partial charge on any atom is -0.479 e. The van der Waals surface area contributed by atoms with Crippen LogP contribution in [0.5, 0.6) is 0 Å². The van der Waals surface area contributed by atoms with Gasteiger partial charge in [0.05, 0.1) is 6.04 Å². The lowest BCUT2D eigenvalue weighted by Gasteiger charge is -2.20. The number of carboxylic acids is 1. The van der Waals surface area contributed by atoms with Crippen LogP contribution in [0, 0.1) is 0 Å². The number of ketones is 1. The fraction of sp³-hybridized carbons (Fsp3) is 0.750. The first-order valence-electron chi connectivity index (χ1n) is 4.19. The highest BCUT2D eigenvalue weighted by Gasteiger charge is 2.43. The summed E-state index contributed by atoms with van der Waals surface area (Å²) in [4.78, 5) is 21.9. The predicted molar refractivity (Wildman–Crippen MR) is 44.3 cm³/mol. The molecule has 0 bridgehead atoms. The van der Waals surface area contributed by atoms with Crippen LogP contribution >= 0.6 is 0 Å². The summed E-state index contributed by atoms with van der Waals surface area (Å²) in [6, 6.07) is -0.508. The second kappa shape index (κ2) is 3.43. The number of carbonyl (C=O) groups excluding carboxylic acids is 1. The lowest BCUT2D eigenvalue weighted by Crippen LogP contribution is -2.51. The van der Waals surface area contributed by atoms with Crippen LogP contribution < -0.4 is 5.32 Å². The molecule has 1 aliphatic rings. The van der Waals surface area contributed by atoms with Crippen LogP contribution in [0.1, 0.15) is 19.8 Å². The Bertz CT molecular complexity index is 230. The molecule has 0 aromatic carbocycles. The molecule has 1 heterocycles. The number of aliphatic carboxylic acids is 1. The molecular weight excluding hydrogens is 174 g/mol. The molecule has 0 saturated carbocycles. The highest BCUT2D eigenvalue weighted by molar-refractivity contribution is 6.08. The maximum absolute atomic E-state index is 11.4. The van der Waals surface area contributed by atoms with Crippen molar-refractivity contribution in [3.63, 3.8) is 0 Å². The Labute approximate surface area is 75.7 Å². The van der Waals surface area contributed by atoms with Gasteiger partial charge >= 0.3 is 5.97 Å². The molecule has 0 spiro atoms. The SMILES string of the molecule is CC(O)(C(=O)O)C(=O)[C@@H]1CCCN1. The van der Waals surface area contributed by atoms with Gasteiger partial charge in [0.2, 0.25) is 5.60 Å². The lowest BCUT2D eigenvalue weighted by atomic mass is 9.94. The summed E-state index contributed by atoms with van der Waals surface area (Å²) in [6.07, 6.45) is 1.44. The van der Waals surface area contributed by atoms with E-state index in [0.29, 0.717) is 13.0 Å². The molecule has 2 atom stereocenters. The van der Waals surface area contributed by atoms with E-state index in [4.69, 9.17) is 5.11 Å². The van der Waals surface area contributed by atoms with Gasteiger partial charge < -0.3 is 15.5 Å². The third-order valence-electron chi connectivity index (χ3n) is 2.27. The highest BCUT2D eigenvalue weighted by Crippen LogP contribution is 2.14. The van der Waals surface area contributed by atoms with E-state index in [0.717, 1.165) is 13.3 Å². The van der Waals surface area contributed by atoms with Crippen molar-refractivity contribution in [2.24, 2.45) is 0 Å². The van der Waals surface area contributed by atoms with Gasteiger partial charge in [-0.25, -0.2) is 4.79 Å². The van der Waals surface area contributed by atoms with E-state index < -0.39 is 23.4 Å². The minimum atomic E-state index is -2.26. The second-order valence-electron chi connectivity index (χ2n) is 3.39. The number of nitrogens with one attached hydrogen (secondary N) is 1. The van der Waals surface area contributed by atoms with Crippen molar-refractivity contribution in [3.05, 3.63) is 0 Å². The average Bonchev–Trinajstić information content (AvgIpc) is 2.54. The van der Waals surface area contributed by atoms with Crippen molar-refractivity contribution in [2.75, 3.05) is 6.54 Å². The van der Waals surface area contributed by atoms with Gasteiger partial charge in [-0.15, -0.1) is 0 Å². The van der Waals surface area contributed by atoms with Gasteiger partial charge in [-0.2, -0.15) is 0 Å². The van der Waals surface area contributed by atoms with Crippen LogP contribution in [0.15, 0.2) is 0 Å². The molecule has 1 aliphatic heterocycles. The molecule has 0 radical (unpaired) electrons. The maximum Gasteiger partial charge on any atom is 0.343 e. The van der Waals surface area contributed by atoms with Crippen molar-refractivity contribution in [1.29, 1.82) is 0 Å². The number of hydrogen-bond acceptors (Lipinski definition) is 4. The quantitative estimate of drug-likeness (QED) is 0.501. The second-order valence-corrected chi connectivity index (χ2v) is 3.39. The Balaban J connectivity index is 2.70. The summed E-state index contributed by atoms with van der Waals surface area (Å²) in [5, 5.41) is 20.7. The smallest absolute Gasteiger partial charge is 0.343 e. The van der Waals surface area contributed by atoms with Gasteiger partial charge in [-0.3, -0.25) is 4.79 Å². The Morgan fingerprint density at radius 3 is 2.54 bits per heavy atom. The summed E-state index contributed by atoms with van der Waals surface area (Å²) in [7, 11) is 0. The third-order valence-corrected chi connectivity index (χ3v) is 2.27. The molecule has 0 aromatic heterocycles. The van der Waals surface area contributed by atoms with Crippen LogP contribution in [0.25, 0.3) is 0 Å². The van der Waals surface area contributed by atoms with Crippen molar-refractivity contribution in [2.45, 2.75) is 31.4 Å². The topological polar surface area (TPSA) is 86.6 Å². The summed E-state index contributed by atoms with van der Waals surface area (Å²) < 4.78 is 0. The maximum atomic E-state index is 11.4. The number of Topliss-reactive ketones (excluding diaryl/α,β-unsaturated/α-hetero) is 1. The van der Waals surface area contributed by atoms with Crippen LogP contribution in [0.2, 0.25) is 0 Å². The van der Waals surface area contributed by atoms with E-state index in [1.807, 2.05) is 0 Å². The average molecular weight is 187 g/mol. The monoisotopic (exact) mass is 187 g/mol. The van der Waals surface area contributed by atoms with Gasteiger partial charge in [-0.05, 0) is 26.3 Å². The van der Waals surface area contributed by atoms with E-state index in [-0.39, 0.29) is 0 Å². The number of rotatable bonds is 3. The van der Waals surface area contributed by atoms with Gasteiger partial charge in [0.25, 0.3) is 0 Å². The molecule has 0 aliphatic carbocycles. The molecule has 1 fully saturated rings. The van der Waals surface area contributed by atoms with E-state index in [2.05, 4.69) is 5.32 Å². The lowest BCUT2D eigenvalue weighted by molar-refractivity contribution is -0.163. The van der Waals surface area contributed by atoms with Crippen molar-refractivity contribution in [1.82, 2.24) is 5.32 Å². The number of carbonyl (C=O) groups is 2. The standard InChI is InChI=1S/C8H13NO4/c1-8(13,7(11)12)6(10)5-3-2-4-9-5/h5,9,13H,2-4H2,1H3,(H,11,12)/t5-,8?/m0/s1. The Hall–Kier alpha value is -0.940. The molecule has 1 saturated heterocycles. The zero-order valence-electron chi connectivity index (χ0n) is 7.41. The van der Waals surface area contributed by atoms with E-state index in [9.17, 15) is 14.7 Å². The van der Waals surface area contributed by atoms with Crippen LogP contribution in [0.3, 0.4) is 0 Å². The highest BCUT2D eigenvalue weighted by atomic mass is 16.4. The van der Waals surface area contributed by atoms with Crippen LogP contribution in [-0.4, -0.2) is 40.2 Å². The zero-order valence-corrected chi connectivity index (χ0v) is 7.41. The van der Waals surface area contributed by atoms with Crippen molar-refractivity contribution >= 4 is 11.8 Å². The molecular formula is C8H13NO4. The van der Waals surface area contributed by atoms with Crippen LogP contribution in [0.4, 0.5) is 0 Å². The fourth-order valence-electron chi connectivity index (χ4n) is 1.35. The zero-order chi connectivity index (χ0) is 10.1. The molecule has 74 valence electrons. The normalized spacial score (nSPS) is 26.8. The molecule has 13 heavy (non-hydrogen) atoms. The first-order valence-corrected chi connectivity index (χ1v) is 4.19. The molecule has 3 N–H and O–H groups in total. The summed E-state index contributed by atoms with van der Waals surface area (Å²) in [5.41, 5.74) is -2.26. The van der Waals surface area contributed by atoms with Crippen molar-refractivity contribution in [3.8, 4) is 0 Å². The Morgan fingerprint density at radius 2 is 2.15 bits per heavy atom. The summed E-state index contributed by atoms with van der Waals surface area (Å²) in [5.74, 6) is -2.15. The van der Waals surface area contributed by atoms with Crippen molar-refractivity contribution < 1.29 is 19.8 Å². The predicted octanol–water partition coefficient (Wildman–Crippen LogP) is -0.857. The largest absolute Gasteiger partial charge is 0.479 e. The first-order chi connectivity index (χ1) is 5.96. The van der Waals surface area contributed by atoms with Gasteiger partial charge in [-0.1, -0.05) is 0 Å². The van der Waals surface area contributed by atoms with Gasteiger partial charge in [0.1, 0.15) is 0 Å². The number of aliphatic hydroxyl groups is 1.